The highest BCUT2D eigenvalue weighted by molar-refractivity contribution is 7.16. The molecule has 2 aromatic rings. The summed E-state index contributed by atoms with van der Waals surface area (Å²) in [6, 6.07) is 5.77. The van der Waals surface area contributed by atoms with Crippen LogP contribution in [0.4, 0.5) is 4.79 Å². The van der Waals surface area contributed by atoms with Crippen LogP contribution in [0.25, 0.3) is 10.2 Å². The number of hydrogen-bond donors (Lipinski definition) is 0. The summed E-state index contributed by atoms with van der Waals surface area (Å²) >= 11 is 1.58. The van der Waals surface area contributed by atoms with E-state index in [1.807, 2.05) is 44.5 Å². The standard InChI is InChI=1S/C15H20N2O3S/c1-15(2,3)20-14(18)17(4)7-8-19-11-5-6-12-13(9-11)21-10-16-12/h5-6,9-10H,7-8H2,1-4H3. The number of thiazole rings is 1. The Morgan fingerprint density at radius 3 is 2.86 bits per heavy atom. The number of likely N-dealkylation sites (N-methyl/N-ethyl adjacent to an activating group) is 1. The fourth-order valence-corrected chi connectivity index (χ4v) is 2.36. The SMILES string of the molecule is CN(CCOc1ccc2ncsc2c1)C(=O)OC(C)(C)C. The van der Waals surface area contributed by atoms with Gasteiger partial charge in [-0.3, -0.25) is 0 Å². The van der Waals surface area contributed by atoms with Crippen LogP contribution in [0.1, 0.15) is 20.8 Å². The smallest absolute Gasteiger partial charge is 0.410 e. The molecule has 21 heavy (non-hydrogen) atoms. The summed E-state index contributed by atoms with van der Waals surface area (Å²) < 4.78 is 12.0. The fraction of sp³-hybridized carbons (Fsp3) is 0.467. The molecule has 2 rings (SSSR count). The lowest BCUT2D eigenvalue weighted by Gasteiger charge is -2.24. The van der Waals surface area contributed by atoms with Crippen molar-refractivity contribution in [2.24, 2.45) is 0 Å². The molecule has 1 aromatic heterocycles. The van der Waals surface area contributed by atoms with Crippen LogP contribution in [0.2, 0.25) is 0 Å². The maximum atomic E-state index is 11.8. The van der Waals surface area contributed by atoms with E-state index in [0.29, 0.717) is 13.2 Å². The first-order chi connectivity index (χ1) is 9.85. The van der Waals surface area contributed by atoms with Gasteiger partial charge in [-0.1, -0.05) is 0 Å². The molecule has 114 valence electrons. The zero-order chi connectivity index (χ0) is 15.5. The molecule has 0 saturated heterocycles. The van der Waals surface area contributed by atoms with Gasteiger partial charge in [0, 0.05) is 7.05 Å². The number of benzene rings is 1. The molecular weight excluding hydrogens is 288 g/mol. The molecule has 0 fully saturated rings. The van der Waals surface area contributed by atoms with Gasteiger partial charge in [-0.25, -0.2) is 9.78 Å². The molecule has 0 spiro atoms. The van der Waals surface area contributed by atoms with Gasteiger partial charge in [-0.15, -0.1) is 11.3 Å². The van der Waals surface area contributed by atoms with Crippen LogP contribution in [0.15, 0.2) is 23.7 Å². The third kappa shape index (κ3) is 4.60. The van der Waals surface area contributed by atoms with Crippen LogP contribution in [-0.4, -0.2) is 41.8 Å². The lowest BCUT2D eigenvalue weighted by molar-refractivity contribution is 0.0278. The lowest BCUT2D eigenvalue weighted by atomic mass is 10.2. The molecule has 0 aliphatic carbocycles. The van der Waals surface area contributed by atoms with E-state index >= 15 is 0 Å². The maximum absolute atomic E-state index is 11.8. The van der Waals surface area contributed by atoms with Gasteiger partial charge in [0.25, 0.3) is 0 Å². The predicted octanol–water partition coefficient (Wildman–Crippen LogP) is 3.54. The van der Waals surface area contributed by atoms with Gasteiger partial charge in [0.2, 0.25) is 0 Å². The van der Waals surface area contributed by atoms with E-state index in [1.165, 1.54) is 4.90 Å². The molecule has 0 bridgehead atoms. The largest absolute Gasteiger partial charge is 0.492 e. The first-order valence-electron chi connectivity index (χ1n) is 6.75. The Kier molecular flexibility index (Phi) is 4.67. The number of rotatable bonds is 4. The van der Waals surface area contributed by atoms with Gasteiger partial charge < -0.3 is 14.4 Å². The summed E-state index contributed by atoms with van der Waals surface area (Å²) in [4.78, 5) is 17.5. The number of aromatic nitrogens is 1. The minimum absolute atomic E-state index is 0.344. The number of amides is 1. The Morgan fingerprint density at radius 2 is 2.14 bits per heavy atom. The summed E-state index contributed by atoms with van der Waals surface area (Å²) in [7, 11) is 1.70. The highest BCUT2D eigenvalue weighted by Crippen LogP contribution is 2.23. The summed E-state index contributed by atoms with van der Waals surface area (Å²) in [6.45, 7) is 6.42. The number of ether oxygens (including phenoxy) is 2. The van der Waals surface area contributed by atoms with Crippen molar-refractivity contribution in [1.82, 2.24) is 9.88 Å². The molecular formula is C15H20N2O3S. The van der Waals surface area contributed by atoms with E-state index < -0.39 is 5.60 Å². The molecule has 0 aliphatic rings. The first-order valence-corrected chi connectivity index (χ1v) is 7.63. The Bertz CT molecular complexity index is 619. The number of hydrogen-bond acceptors (Lipinski definition) is 5. The third-order valence-electron chi connectivity index (χ3n) is 2.70. The van der Waals surface area contributed by atoms with Crippen molar-refractivity contribution in [1.29, 1.82) is 0 Å². The first kappa shape index (κ1) is 15.6. The van der Waals surface area contributed by atoms with Gasteiger partial charge in [0.15, 0.2) is 0 Å². The molecule has 0 radical (unpaired) electrons. The number of nitrogens with zero attached hydrogens (tertiary/aromatic N) is 2. The minimum Gasteiger partial charge on any atom is -0.492 e. The summed E-state index contributed by atoms with van der Waals surface area (Å²) in [5, 5.41) is 0. The monoisotopic (exact) mass is 308 g/mol. The van der Waals surface area contributed by atoms with Crippen molar-refractivity contribution < 1.29 is 14.3 Å². The quantitative estimate of drug-likeness (QED) is 0.867. The fourth-order valence-electron chi connectivity index (χ4n) is 1.66. The lowest BCUT2D eigenvalue weighted by Crippen LogP contribution is -2.36. The van der Waals surface area contributed by atoms with E-state index in [1.54, 1.807) is 18.4 Å². The highest BCUT2D eigenvalue weighted by Gasteiger charge is 2.19. The van der Waals surface area contributed by atoms with E-state index in [0.717, 1.165) is 16.0 Å². The zero-order valence-electron chi connectivity index (χ0n) is 12.8. The van der Waals surface area contributed by atoms with Gasteiger partial charge in [-0.2, -0.15) is 0 Å². The second kappa shape index (κ2) is 6.30. The number of fused-ring (bicyclic) bond motifs is 1. The summed E-state index contributed by atoms with van der Waals surface area (Å²) in [5.41, 5.74) is 2.30. The third-order valence-corrected chi connectivity index (χ3v) is 3.50. The average molecular weight is 308 g/mol. The van der Waals surface area contributed by atoms with Crippen molar-refractivity contribution in [3.63, 3.8) is 0 Å². The van der Waals surface area contributed by atoms with Crippen LogP contribution >= 0.6 is 11.3 Å². The molecule has 1 heterocycles. The average Bonchev–Trinajstić information content (AvgIpc) is 2.84. The topological polar surface area (TPSA) is 51.7 Å². The maximum Gasteiger partial charge on any atom is 0.410 e. The normalized spacial score (nSPS) is 11.4. The summed E-state index contributed by atoms with van der Waals surface area (Å²) in [6.07, 6.45) is -0.344. The highest BCUT2D eigenvalue weighted by atomic mass is 32.1. The second-order valence-electron chi connectivity index (χ2n) is 5.73. The molecule has 0 aliphatic heterocycles. The number of carbonyl (C=O) groups excluding carboxylic acids is 1. The van der Waals surface area contributed by atoms with Crippen molar-refractivity contribution in [3.05, 3.63) is 23.7 Å². The molecule has 1 amide bonds. The van der Waals surface area contributed by atoms with Crippen molar-refractivity contribution in [2.75, 3.05) is 20.2 Å². The van der Waals surface area contributed by atoms with Crippen molar-refractivity contribution in [2.45, 2.75) is 26.4 Å². The molecule has 5 nitrogen and oxygen atoms in total. The van der Waals surface area contributed by atoms with E-state index in [9.17, 15) is 4.79 Å². The van der Waals surface area contributed by atoms with Gasteiger partial charge in [0.1, 0.15) is 18.0 Å². The van der Waals surface area contributed by atoms with E-state index in [4.69, 9.17) is 9.47 Å². The molecule has 0 N–H and O–H groups in total. The van der Waals surface area contributed by atoms with Crippen LogP contribution in [0.3, 0.4) is 0 Å². The molecule has 6 heteroatoms. The molecule has 0 atom stereocenters. The van der Waals surface area contributed by atoms with Crippen LogP contribution in [0.5, 0.6) is 5.75 Å². The molecule has 0 saturated carbocycles. The van der Waals surface area contributed by atoms with E-state index in [-0.39, 0.29) is 6.09 Å². The minimum atomic E-state index is -0.483. The van der Waals surface area contributed by atoms with Gasteiger partial charge in [-0.05, 0) is 39.0 Å². The predicted molar refractivity (Wildman–Crippen MR) is 84.0 cm³/mol. The van der Waals surface area contributed by atoms with Crippen LogP contribution < -0.4 is 4.74 Å². The van der Waals surface area contributed by atoms with Crippen LogP contribution in [0, 0.1) is 0 Å². The Balaban J connectivity index is 1.82. The van der Waals surface area contributed by atoms with Crippen molar-refractivity contribution in [3.8, 4) is 5.75 Å². The van der Waals surface area contributed by atoms with Crippen molar-refractivity contribution >= 4 is 27.6 Å². The molecule has 1 aromatic carbocycles. The van der Waals surface area contributed by atoms with E-state index in [2.05, 4.69) is 4.98 Å². The Morgan fingerprint density at radius 1 is 1.38 bits per heavy atom. The molecule has 0 unspecified atom stereocenters. The second-order valence-corrected chi connectivity index (χ2v) is 6.62. The van der Waals surface area contributed by atoms with Gasteiger partial charge >= 0.3 is 6.09 Å². The Labute approximate surface area is 128 Å². The summed E-state index contributed by atoms with van der Waals surface area (Å²) in [5.74, 6) is 0.782. The zero-order valence-corrected chi connectivity index (χ0v) is 13.6. The number of carbonyl (C=O) groups is 1. The Hall–Kier alpha value is -1.82. The van der Waals surface area contributed by atoms with Gasteiger partial charge in [0.05, 0.1) is 22.3 Å². The van der Waals surface area contributed by atoms with Crippen LogP contribution in [-0.2, 0) is 4.74 Å².